The van der Waals surface area contributed by atoms with Crippen molar-refractivity contribution < 1.29 is 0 Å². The van der Waals surface area contributed by atoms with Gasteiger partial charge >= 0.3 is 0 Å². The number of para-hydroxylation sites is 1. The van der Waals surface area contributed by atoms with Crippen molar-refractivity contribution in [2.75, 3.05) is 0 Å². The fourth-order valence-electron chi connectivity index (χ4n) is 3.33. The molecule has 1 aliphatic carbocycles. The lowest BCUT2D eigenvalue weighted by molar-refractivity contribution is 0.315. The maximum Gasteiger partial charge on any atom is 0.0708 e. The molecule has 3 rings (SSSR count). The van der Waals surface area contributed by atoms with Gasteiger partial charge in [0, 0.05) is 11.1 Å². The minimum Gasteiger partial charge on any atom is -0.252 e. The summed E-state index contributed by atoms with van der Waals surface area (Å²) in [6, 6.07) is 8.64. The summed E-state index contributed by atoms with van der Waals surface area (Å²) in [5.74, 6) is 0.513. The normalized spacial score (nSPS) is 17.7. The number of fused-ring (bicyclic) bond motifs is 3. The van der Waals surface area contributed by atoms with Gasteiger partial charge in [0.05, 0.1) is 5.52 Å². The maximum atomic E-state index is 4.94. The van der Waals surface area contributed by atoms with E-state index < -0.39 is 0 Å². The molecule has 0 fully saturated rings. The molecule has 1 heteroatoms. The third kappa shape index (κ3) is 2.16. The molecule has 0 aliphatic heterocycles. The van der Waals surface area contributed by atoms with Crippen molar-refractivity contribution in [1.82, 2.24) is 4.98 Å². The van der Waals surface area contributed by atoms with E-state index in [9.17, 15) is 0 Å². The zero-order valence-corrected chi connectivity index (χ0v) is 12.5. The van der Waals surface area contributed by atoms with Crippen LogP contribution in [-0.4, -0.2) is 4.98 Å². The summed E-state index contributed by atoms with van der Waals surface area (Å²) in [7, 11) is 0. The molecule has 0 saturated heterocycles. The number of aromatic nitrogens is 1. The Balaban J connectivity index is 2.31. The Morgan fingerprint density at radius 3 is 2.58 bits per heavy atom. The van der Waals surface area contributed by atoms with Gasteiger partial charge in [-0.2, -0.15) is 0 Å². The molecular weight excluding hydrogens is 230 g/mol. The van der Waals surface area contributed by atoms with E-state index in [4.69, 9.17) is 4.98 Å². The van der Waals surface area contributed by atoms with Gasteiger partial charge in [-0.3, -0.25) is 4.98 Å². The molecule has 0 bridgehead atoms. The van der Waals surface area contributed by atoms with E-state index in [0.717, 1.165) is 0 Å². The summed E-state index contributed by atoms with van der Waals surface area (Å²) in [5, 5.41) is 1.37. The molecule has 0 atom stereocenters. The van der Waals surface area contributed by atoms with Gasteiger partial charge < -0.3 is 0 Å². The molecular formula is C18H23N. The molecule has 0 N–H and O–H groups in total. The first-order valence-corrected chi connectivity index (χ1v) is 7.38. The number of hydrogen-bond donors (Lipinski definition) is 0. The third-order valence-electron chi connectivity index (χ3n) is 4.40. The molecule has 19 heavy (non-hydrogen) atoms. The van der Waals surface area contributed by atoms with Gasteiger partial charge in [-0.25, -0.2) is 0 Å². The highest BCUT2D eigenvalue weighted by molar-refractivity contribution is 5.84. The van der Waals surface area contributed by atoms with Crippen molar-refractivity contribution >= 4 is 10.9 Å². The maximum absolute atomic E-state index is 4.94. The second-order valence-electron chi connectivity index (χ2n) is 6.97. The quantitative estimate of drug-likeness (QED) is 0.706. The number of nitrogens with zero attached hydrogens (tertiary/aromatic N) is 1. The summed E-state index contributed by atoms with van der Waals surface area (Å²) >= 11 is 0. The van der Waals surface area contributed by atoms with Gasteiger partial charge in [-0.05, 0) is 47.8 Å². The van der Waals surface area contributed by atoms with Gasteiger partial charge in [0.1, 0.15) is 0 Å². The van der Waals surface area contributed by atoms with Crippen LogP contribution in [0.2, 0.25) is 0 Å². The predicted molar refractivity (Wildman–Crippen MR) is 81.6 cm³/mol. The Morgan fingerprint density at radius 2 is 1.84 bits per heavy atom. The van der Waals surface area contributed by atoms with E-state index in [1.54, 1.807) is 5.56 Å². The average molecular weight is 253 g/mol. The van der Waals surface area contributed by atoms with Crippen LogP contribution in [0.5, 0.6) is 0 Å². The minimum absolute atomic E-state index is 0.422. The Hall–Kier alpha value is -1.37. The van der Waals surface area contributed by atoms with E-state index in [1.807, 2.05) is 0 Å². The largest absolute Gasteiger partial charge is 0.252 e. The smallest absolute Gasteiger partial charge is 0.0708 e. The second kappa shape index (κ2) is 4.33. The van der Waals surface area contributed by atoms with Crippen molar-refractivity contribution in [3.8, 4) is 0 Å². The third-order valence-corrected chi connectivity index (χ3v) is 4.40. The van der Waals surface area contributed by atoms with E-state index in [0.29, 0.717) is 11.3 Å². The van der Waals surface area contributed by atoms with Gasteiger partial charge in [0.15, 0.2) is 0 Å². The lowest BCUT2D eigenvalue weighted by atomic mass is 9.72. The fraction of sp³-hybridized carbons (Fsp3) is 0.500. The van der Waals surface area contributed by atoms with Crippen molar-refractivity contribution in [3.63, 3.8) is 0 Å². The Bertz CT molecular complexity index is 623. The van der Waals surface area contributed by atoms with Crippen LogP contribution in [0.4, 0.5) is 0 Å². The van der Waals surface area contributed by atoms with Crippen LogP contribution in [0.3, 0.4) is 0 Å². The Labute approximate surface area is 116 Å². The summed E-state index contributed by atoms with van der Waals surface area (Å²) in [5.41, 5.74) is 6.01. The van der Waals surface area contributed by atoms with Gasteiger partial charge in [0.2, 0.25) is 0 Å². The molecule has 1 aliphatic rings. The van der Waals surface area contributed by atoms with Crippen LogP contribution < -0.4 is 0 Å². The van der Waals surface area contributed by atoms with Crippen molar-refractivity contribution in [1.29, 1.82) is 0 Å². The molecule has 2 aromatic rings. The molecule has 0 spiro atoms. The van der Waals surface area contributed by atoms with Gasteiger partial charge in [0.25, 0.3) is 0 Å². The zero-order chi connectivity index (χ0) is 13.6. The Kier molecular flexibility index (Phi) is 2.88. The van der Waals surface area contributed by atoms with Crippen LogP contribution in [0.15, 0.2) is 24.3 Å². The lowest BCUT2D eigenvalue weighted by Gasteiger charge is -2.33. The lowest BCUT2D eigenvalue weighted by Crippen LogP contribution is -2.24. The van der Waals surface area contributed by atoms with E-state index in [-0.39, 0.29) is 0 Å². The number of benzene rings is 1. The number of hydrogen-bond acceptors (Lipinski definition) is 1. The topological polar surface area (TPSA) is 12.9 Å². The van der Waals surface area contributed by atoms with Gasteiger partial charge in [-0.1, -0.05) is 45.9 Å². The number of rotatable bonds is 1. The second-order valence-corrected chi connectivity index (χ2v) is 6.97. The van der Waals surface area contributed by atoms with Crippen molar-refractivity contribution in [3.05, 3.63) is 41.1 Å². The zero-order valence-electron chi connectivity index (χ0n) is 12.5. The highest BCUT2D eigenvalue weighted by atomic mass is 14.7. The summed E-state index contributed by atoms with van der Waals surface area (Å²) < 4.78 is 0. The molecule has 100 valence electrons. The Morgan fingerprint density at radius 1 is 1.11 bits per heavy atom. The molecule has 1 heterocycles. The van der Waals surface area contributed by atoms with Crippen LogP contribution in [0, 0.1) is 5.41 Å². The first-order valence-electron chi connectivity index (χ1n) is 7.38. The molecule has 1 nitrogen and oxygen atoms in total. The summed E-state index contributed by atoms with van der Waals surface area (Å²) in [6.07, 6.45) is 3.65. The molecule has 1 aromatic carbocycles. The molecule has 0 saturated carbocycles. The van der Waals surface area contributed by atoms with Gasteiger partial charge in [-0.15, -0.1) is 0 Å². The van der Waals surface area contributed by atoms with Crippen LogP contribution in [-0.2, 0) is 12.8 Å². The van der Waals surface area contributed by atoms with Crippen molar-refractivity contribution in [2.24, 2.45) is 5.41 Å². The van der Waals surface area contributed by atoms with Crippen LogP contribution in [0.25, 0.3) is 10.9 Å². The van der Waals surface area contributed by atoms with Crippen molar-refractivity contribution in [2.45, 2.75) is 52.9 Å². The molecule has 1 aromatic heterocycles. The SMILES string of the molecule is CC(C)c1nc2ccccc2c2c1CCC(C)(C)C2. The monoisotopic (exact) mass is 253 g/mol. The first-order chi connectivity index (χ1) is 8.98. The molecule has 0 radical (unpaired) electrons. The average Bonchev–Trinajstić information content (AvgIpc) is 2.36. The number of pyridine rings is 1. The van der Waals surface area contributed by atoms with Crippen LogP contribution >= 0.6 is 0 Å². The predicted octanol–water partition coefficient (Wildman–Crippen LogP) is 4.87. The van der Waals surface area contributed by atoms with E-state index >= 15 is 0 Å². The standard InChI is InChI=1S/C18H23N/c1-12(2)17-14-9-10-18(3,4)11-15(14)13-7-5-6-8-16(13)19-17/h5-8,12H,9-11H2,1-4H3. The van der Waals surface area contributed by atoms with Crippen LogP contribution in [0.1, 0.15) is 56.9 Å². The molecule has 0 unspecified atom stereocenters. The summed E-state index contributed by atoms with van der Waals surface area (Å²) in [4.78, 5) is 4.94. The van der Waals surface area contributed by atoms with E-state index in [1.165, 1.54) is 41.4 Å². The van der Waals surface area contributed by atoms with E-state index in [2.05, 4.69) is 52.0 Å². The summed E-state index contributed by atoms with van der Waals surface area (Å²) in [6.45, 7) is 9.30. The highest BCUT2D eigenvalue weighted by Gasteiger charge is 2.29. The highest BCUT2D eigenvalue weighted by Crippen LogP contribution is 2.40. The molecule has 0 amide bonds. The first kappa shape index (κ1) is 12.7. The minimum atomic E-state index is 0.422. The fourth-order valence-corrected chi connectivity index (χ4v) is 3.33.